The van der Waals surface area contributed by atoms with E-state index in [1.165, 1.54) is 24.3 Å². The summed E-state index contributed by atoms with van der Waals surface area (Å²) >= 11 is 0. The number of hydrogen-bond acceptors (Lipinski definition) is 9. The standard InChI is InChI=1S/C25H21N5O4/c1-33-22(31)19-20(23(32)34-2)24(10-8-16(9-11-24)17(12-26)13-27)25(14-28,15-29)21(19)30-18-6-4-3-5-7-18/h8-11,18H,3-7H2,1-2H3. The minimum Gasteiger partial charge on any atom is -0.466 e. The summed E-state index contributed by atoms with van der Waals surface area (Å²) in [6.07, 6.45) is 9.83. The zero-order chi connectivity index (χ0) is 24.9. The van der Waals surface area contributed by atoms with Crippen LogP contribution in [0.5, 0.6) is 0 Å². The van der Waals surface area contributed by atoms with E-state index in [-0.39, 0.29) is 34.0 Å². The molecule has 1 saturated carbocycles. The van der Waals surface area contributed by atoms with Crippen molar-refractivity contribution in [3.05, 3.63) is 46.6 Å². The molecule has 0 radical (unpaired) electrons. The lowest BCUT2D eigenvalue weighted by molar-refractivity contribution is -0.139. The molecule has 0 aliphatic heterocycles. The van der Waals surface area contributed by atoms with Crippen LogP contribution in [-0.4, -0.2) is 37.9 Å². The number of allylic oxidation sites excluding steroid dienone is 6. The Morgan fingerprint density at radius 3 is 1.97 bits per heavy atom. The monoisotopic (exact) mass is 455 g/mol. The molecule has 0 aromatic rings. The van der Waals surface area contributed by atoms with E-state index in [0.29, 0.717) is 0 Å². The van der Waals surface area contributed by atoms with E-state index in [4.69, 9.17) is 14.5 Å². The highest BCUT2D eigenvalue weighted by Crippen LogP contribution is 2.58. The quantitative estimate of drug-likeness (QED) is 0.463. The van der Waals surface area contributed by atoms with E-state index in [2.05, 4.69) is 0 Å². The number of methoxy groups -OCH3 is 2. The average Bonchev–Trinajstić information content (AvgIpc) is 3.10. The lowest BCUT2D eigenvalue weighted by Gasteiger charge is -2.35. The van der Waals surface area contributed by atoms with Gasteiger partial charge in [-0.05, 0) is 12.8 Å². The zero-order valence-corrected chi connectivity index (χ0v) is 18.8. The topological polar surface area (TPSA) is 160 Å². The fourth-order valence-electron chi connectivity index (χ4n) is 4.73. The van der Waals surface area contributed by atoms with Gasteiger partial charge in [0, 0.05) is 5.57 Å². The van der Waals surface area contributed by atoms with Gasteiger partial charge in [0.15, 0.2) is 0 Å². The number of aliphatic imine (C=N–C) groups is 1. The molecule has 0 saturated heterocycles. The van der Waals surface area contributed by atoms with Crippen molar-refractivity contribution < 1.29 is 19.1 Å². The smallest absolute Gasteiger partial charge is 0.340 e. The molecule has 3 aliphatic carbocycles. The second-order valence-electron chi connectivity index (χ2n) is 8.07. The fraction of sp³-hybridized carbons (Fsp3) is 0.400. The van der Waals surface area contributed by atoms with Gasteiger partial charge in [-0.1, -0.05) is 43.6 Å². The van der Waals surface area contributed by atoms with Crippen LogP contribution >= 0.6 is 0 Å². The third-order valence-electron chi connectivity index (χ3n) is 6.44. The largest absolute Gasteiger partial charge is 0.466 e. The summed E-state index contributed by atoms with van der Waals surface area (Å²) in [4.78, 5) is 30.7. The molecule has 34 heavy (non-hydrogen) atoms. The summed E-state index contributed by atoms with van der Waals surface area (Å²) in [5.74, 6) is -1.84. The third-order valence-corrected chi connectivity index (χ3v) is 6.44. The average molecular weight is 455 g/mol. The van der Waals surface area contributed by atoms with Crippen LogP contribution in [0.4, 0.5) is 0 Å². The molecule has 0 amide bonds. The Bertz CT molecular complexity index is 1200. The predicted octanol–water partition coefficient (Wildman–Crippen LogP) is 2.91. The SMILES string of the molecule is COC(=O)C1=C(C(=O)OC)C2(C=CC(=C(C#N)C#N)C=C2)C(C#N)(C#N)C1=NC1CCCCC1. The number of nitriles is 4. The number of hydrogen-bond donors (Lipinski definition) is 0. The molecule has 3 rings (SSSR count). The van der Waals surface area contributed by atoms with E-state index < -0.39 is 22.8 Å². The Labute approximate surface area is 197 Å². The number of carbonyl (C=O) groups is 2. The Morgan fingerprint density at radius 1 is 0.941 bits per heavy atom. The van der Waals surface area contributed by atoms with Gasteiger partial charge in [0.1, 0.15) is 17.7 Å². The number of ether oxygens (including phenoxy) is 2. The van der Waals surface area contributed by atoms with Crippen LogP contribution in [-0.2, 0) is 19.1 Å². The molecule has 1 spiro atoms. The van der Waals surface area contributed by atoms with Crippen LogP contribution in [0, 0.1) is 56.2 Å². The van der Waals surface area contributed by atoms with Crippen molar-refractivity contribution in [1.29, 1.82) is 21.0 Å². The van der Waals surface area contributed by atoms with Crippen molar-refractivity contribution in [3.8, 4) is 24.3 Å². The van der Waals surface area contributed by atoms with Gasteiger partial charge in [-0.3, -0.25) is 4.99 Å². The van der Waals surface area contributed by atoms with Crippen molar-refractivity contribution in [2.24, 2.45) is 15.8 Å². The Kier molecular flexibility index (Phi) is 6.81. The highest BCUT2D eigenvalue weighted by molar-refractivity contribution is 6.31. The predicted molar refractivity (Wildman–Crippen MR) is 118 cm³/mol. The van der Waals surface area contributed by atoms with Crippen molar-refractivity contribution in [3.63, 3.8) is 0 Å². The van der Waals surface area contributed by atoms with E-state index >= 15 is 0 Å². The van der Waals surface area contributed by atoms with E-state index in [9.17, 15) is 30.6 Å². The van der Waals surface area contributed by atoms with Gasteiger partial charge >= 0.3 is 11.9 Å². The number of carbonyl (C=O) groups excluding carboxylic acids is 2. The maximum Gasteiger partial charge on any atom is 0.340 e. The molecular formula is C25H21N5O4. The summed E-state index contributed by atoms with van der Waals surface area (Å²) in [6, 6.07) is 7.37. The van der Waals surface area contributed by atoms with Crippen LogP contribution in [0.25, 0.3) is 0 Å². The lowest BCUT2D eigenvalue weighted by atomic mass is 9.61. The van der Waals surface area contributed by atoms with Gasteiger partial charge in [-0.25, -0.2) is 9.59 Å². The molecule has 1 fully saturated rings. The molecule has 0 bridgehead atoms. The van der Waals surface area contributed by atoms with Crippen molar-refractivity contribution in [2.45, 2.75) is 38.1 Å². The normalized spacial score (nSPS) is 24.2. The van der Waals surface area contributed by atoms with Crippen LogP contribution in [0.1, 0.15) is 32.1 Å². The van der Waals surface area contributed by atoms with Gasteiger partial charge in [0.2, 0.25) is 5.41 Å². The molecule has 0 aromatic carbocycles. The molecule has 9 heteroatoms. The van der Waals surface area contributed by atoms with Crippen LogP contribution < -0.4 is 0 Å². The van der Waals surface area contributed by atoms with E-state index in [0.717, 1.165) is 46.3 Å². The number of esters is 2. The van der Waals surface area contributed by atoms with Crippen molar-refractivity contribution in [2.75, 3.05) is 14.2 Å². The van der Waals surface area contributed by atoms with Gasteiger partial charge in [-0.2, -0.15) is 21.0 Å². The van der Waals surface area contributed by atoms with Gasteiger partial charge in [-0.15, -0.1) is 0 Å². The summed E-state index contributed by atoms with van der Waals surface area (Å²) in [5.41, 5.74) is -4.43. The minimum atomic E-state index is -2.09. The van der Waals surface area contributed by atoms with Crippen molar-refractivity contribution >= 4 is 17.7 Å². The molecule has 9 nitrogen and oxygen atoms in total. The second kappa shape index (κ2) is 9.57. The molecule has 0 aromatic heterocycles. The highest BCUT2D eigenvalue weighted by Gasteiger charge is 2.66. The zero-order valence-electron chi connectivity index (χ0n) is 18.8. The van der Waals surface area contributed by atoms with E-state index in [1.807, 2.05) is 12.1 Å². The summed E-state index contributed by atoms with van der Waals surface area (Å²) in [7, 11) is 2.26. The Balaban J connectivity index is 2.42. The third kappa shape index (κ3) is 3.49. The number of nitrogens with zero attached hydrogens (tertiary/aromatic N) is 5. The van der Waals surface area contributed by atoms with Gasteiger partial charge in [0.05, 0.1) is 54.7 Å². The minimum absolute atomic E-state index is 0.126. The van der Waals surface area contributed by atoms with Crippen molar-refractivity contribution in [1.82, 2.24) is 0 Å². The van der Waals surface area contributed by atoms with Crippen LogP contribution in [0.3, 0.4) is 0 Å². The van der Waals surface area contributed by atoms with Crippen LogP contribution in [0.2, 0.25) is 0 Å². The lowest BCUT2D eigenvalue weighted by Crippen LogP contribution is -2.42. The maximum atomic E-state index is 13.1. The first-order valence-corrected chi connectivity index (χ1v) is 10.6. The fourth-order valence-corrected chi connectivity index (χ4v) is 4.73. The summed E-state index contributed by atoms with van der Waals surface area (Å²) < 4.78 is 9.90. The second-order valence-corrected chi connectivity index (χ2v) is 8.07. The highest BCUT2D eigenvalue weighted by atomic mass is 16.5. The Hall–Kier alpha value is -4.47. The molecule has 0 N–H and O–H groups in total. The first-order chi connectivity index (χ1) is 16.4. The molecule has 3 aliphatic rings. The van der Waals surface area contributed by atoms with Crippen LogP contribution in [0.15, 0.2) is 51.6 Å². The van der Waals surface area contributed by atoms with E-state index in [1.54, 1.807) is 12.1 Å². The summed E-state index contributed by atoms with van der Waals surface area (Å²) in [6.45, 7) is 0. The first-order valence-electron chi connectivity index (χ1n) is 10.6. The Morgan fingerprint density at radius 2 is 1.50 bits per heavy atom. The van der Waals surface area contributed by atoms with Gasteiger partial charge < -0.3 is 9.47 Å². The maximum absolute atomic E-state index is 13.1. The first kappa shape index (κ1) is 24.2. The van der Waals surface area contributed by atoms with Gasteiger partial charge in [0.25, 0.3) is 0 Å². The molecule has 170 valence electrons. The molecule has 0 heterocycles. The number of rotatable bonds is 3. The molecular weight excluding hydrogens is 434 g/mol. The molecule has 0 unspecified atom stereocenters. The molecule has 0 atom stereocenters. The summed E-state index contributed by atoms with van der Waals surface area (Å²) in [5, 5.41) is 39.2.